The van der Waals surface area contributed by atoms with Gasteiger partial charge < -0.3 is 16.6 Å². The molecule has 1 unspecified atom stereocenters. The fraction of sp³-hybridized carbons (Fsp3) is 0.200. The number of rotatable bonds is 4. The predicted molar refractivity (Wildman–Crippen MR) is 57.2 cm³/mol. The Labute approximate surface area is 95.8 Å². The number of nitrogens with zero attached hydrogens (tertiary/aromatic N) is 1. The van der Waals surface area contributed by atoms with Gasteiger partial charge in [-0.2, -0.15) is 0 Å². The zero-order valence-electron chi connectivity index (χ0n) is 8.73. The zero-order valence-corrected chi connectivity index (χ0v) is 8.73. The van der Waals surface area contributed by atoms with Crippen LogP contribution in [0.3, 0.4) is 0 Å². The zero-order chi connectivity index (χ0) is 13.0. The normalized spacial score (nSPS) is 11.9. The Balaban J connectivity index is 3.16. The lowest BCUT2D eigenvalue weighted by atomic mass is 10.0. The van der Waals surface area contributed by atoms with Gasteiger partial charge >= 0.3 is 5.97 Å². The maximum Gasteiger partial charge on any atom is 0.305 e. The fourth-order valence-corrected chi connectivity index (χ4v) is 1.34. The van der Waals surface area contributed by atoms with Crippen LogP contribution in [0.15, 0.2) is 23.2 Å². The molecule has 0 aromatic heterocycles. The standard InChI is InChI=1S/C10H11F2N3O2/c11-5-1-2-7(12)6(3-5)8(4-9(16)17)15-10(13)14/h1-3,8H,4H2,(H,16,17)(H4,13,14,15). The Morgan fingerprint density at radius 2 is 2.06 bits per heavy atom. The number of aliphatic carboxylic acids is 1. The van der Waals surface area contributed by atoms with Crippen molar-refractivity contribution in [1.29, 1.82) is 0 Å². The molecule has 1 aromatic rings. The van der Waals surface area contributed by atoms with Crippen molar-refractivity contribution in [3.8, 4) is 0 Å². The van der Waals surface area contributed by atoms with E-state index in [0.717, 1.165) is 18.2 Å². The minimum absolute atomic E-state index is 0.194. The Morgan fingerprint density at radius 3 is 2.59 bits per heavy atom. The van der Waals surface area contributed by atoms with Crippen LogP contribution in [0.4, 0.5) is 8.78 Å². The molecule has 1 rings (SSSR count). The number of nitrogens with two attached hydrogens (primary N) is 2. The van der Waals surface area contributed by atoms with Crippen molar-refractivity contribution in [2.45, 2.75) is 12.5 Å². The van der Waals surface area contributed by atoms with Crippen LogP contribution in [-0.4, -0.2) is 17.0 Å². The van der Waals surface area contributed by atoms with Crippen LogP contribution < -0.4 is 11.5 Å². The van der Waals surface area contributed by atoms with Crippen molar-refractivity contribution in [3.63, 3.8) is 0 Å². The van der Waals surface area contributed by atoms with Crippen LogP contribution in [0.5, 0.6) is 0 Å². The van der Waals surface area contributed by atoms with Gasteiger partial charge in [0.05, 0.1) is 12.5 Å². The molecule has 5 nitrogen and oxygen atoms in total. The van der Waals surface area contributed by atoms with Gasteiger partial charge in [0, 0.05) is 5.56 Å². The lowest BCUT2D eigenvalue weighted by molar-refractivity contribution is -0.137. The van der Waals surface area contributed by atoms with Crippen LogP contribution in [0.2, 0.25) is 0 Å². The Bertz CT molecular complexity index is 459. The van der Waals surface area contributed by atoms with Crippen LogP contribution in [0, 0.1) is 11.6 Å². The lowest BCUT2D eigenvalue weighted by Crippen LogP contribution is -2.24. The molecule has 17 heavy (non-hydrogen) atoms. The molecular formula is C10H11F2N3O2. The molecule has 0 fully saturated rings. The number of benzene rings is 1. The van der Waals surface area contributed by atoms with Crippen molar-refractivity contribution < 1.29 is 18.7 Å². The van der Waals surface area contributed by atoms with Crippen LogP contribution in [-0.2, 0) is 4.79 Å². The van der Waals surface area contributed by atoms with E-state index in [9.17, 15) is 13.6 Å². The molecule has 0 aliphatic carbocycles. The Kier molecular flexibility index (Phi) is 3.97. The Morgan fingerprint density at radius 1 is 1.41 bits per heavy atom. The van der Waals surface area contributed by atoms with E-state index in [1.54, 1.807) is 0 Å². The second kappa shape index (κ2) is 5.24. The van der Waals surface area contributed by atoms with Crippen LogP contribution in [0.1, 0.15) is 18.0 Å². The van der Waals surface area contributed by atoms with Gasteiger partial charge in [-0.05, 0) is 18.2 Å². The molecule has 0 radical (unpaired) electrons. The number of carbonyl (C=O) groups is 1. The summed E-state index contributed by atoms with van der Waals surface area (Å²) in [5, 5.41) is 8.65. The molecule has 0 aliphatic rings. The van der Waals surface area contributed by atoms with Crippen LogP contribution in [0.25, 0.3) is 0 Å². The van der Waals surface area contributed by atoms with E-state index < -0.39 is 30.1 Å². The molecule has 0 heterocycles. The summed E-state index contributed by atoms with van der Waals surface area (Å²) in [4.78, 5) is 14.2. The van der Waals surface area contributed by atoms with E-state index in [4.69, 9.17) is 16.6 Å². The molecule has 1 atom stereocenters. The molecule has 7 heteroatoms. The topological polar surface area (TPSA) is 102 Å². The summed E-state index contributed by atoms with van der Waals surface area (Å²) >= 11 is 0. The highest BCUT2D eigenvalue weighted by Crippen LogP contribution is 2.24. The monoisotopic (exact) mass is 243 g/mol. The first-order valence-corrected chi connectivity index (χ1v) is 4.65. The van der Waals surface area contributed by atoms with Gasteiger partial charge in [0.25, 0.3) is 0 Å². The maximum atomic E-state index is 13.4. The summed E-state index contributed by atoms with van der Waals surface area (Å²) in [6.45, 7) is 0. The first kappa shape index (κ1) is 12.9. The fourth-order valence-electron chi connectivity index (χ4n) is 1.34. The number of hydrogen-bond donors (Lipinski definition) is 3. The van der Waals surface area contributed by atoms with Crippen molar-refractivity contribution >= 4 is 11.9 Å². The average molecular weight is 243 g/mol. The molecule has 0 spiro atoms. The highest BCUT2D eigenvalue weighted by atomic mass is 19.1. The number of hydrogen-bond acceptors (Lipinski definition) is 2. The van der Waals surface area contributed by atoms with Crippen molar-refractivity contribution in [1.82, 2.24) is 0 Å². The third kappa shape index (κ3) is 3.71. The number of halogens is 2. The van der Waals surface area contributed by atoms with E-state index in [2.05, 4.69) is 4.99 Å². The molecule has 0 saturated carbocycles. The Hall–Kier alpha value is -2.18. The minimum Gasteiger partial charge on any atom is -0.481 e. The highest BCUT2D eigenvalue weighted by molar-refractivity contribution is 5.77. The summed E-state index contributed by atoms with van der Waals surface area (Å²) in [6, 6.07) is 1.54. The van der Waals surface area contributed by atoms with Gasteiger partial charge in [-0.1, -0.05) is 0 Å². The SMILES string of the molecule is NC(N)=NC(CC(=O)O)c1cc(F)ccc1F. The molecule has 5 N–H and O–H groups in total. The first-order valence-electron chi connectivity index (χ1n) is 4.65. The molecule has 0 bridgehead atoms. The first-order chi connectivity index (χ1) is 7.90. The molecule has 0 aliphatic heterocycles. The number of carboxylic acids is 1. The van der Waals surface area contributed by atoms with Crippen molar-refractivity contribution in [3.05, 3.63) is 35.4 Å². The summed E-state index contributed by atoms with van der Waals surface area (Å²) in [5.74, 6) is -3.06. The molecule has 0 amide bonds. The third-order valence-electron chi connectivity index (χ3n) is 1.99. The van der Waals surface area contributed by atoms with Gasteiger partial charge in [0.2, 0.25) is 0 Å². The quantitative estimate of drug-likeness (QED) is 0.536. The van der Waals surface area contributed by atoms with Crippen molar-refractivity contribution in [2.75, 3.05) is 0 Å². The molecular weight excluding hydrogens is 232 g/mol. The van der Waals surface area contributed by atoms with E-state index in [-0.39, 0.29) is 11.5 Å². The van der Waals surface area contributed by atoms with E-state index in [1.165, 1.54) is 0 Å². The summed E-state index contributed by atoms with van der Waals surface area (Å²) in [7, 11) is 0. The number of carboxylic acid groups (broad SMARTS) is 1. The lowest BCUT2D eigenvalue weighted by Gasteiger charge is -2.12. The summed E-state index contributed by atoms with van der Waals surface area (Å²) in [5.41, 5.74) is 10.0. The van der Waals surface area contributed by atoms with Gasteiger partial charge in [-0.25, -0.2) is 13.8 Å². The van der Waals surface area contributed by atoms with E-state index >= 15 is 0 Å². The van der Waals surface area contributed by atoms with Gasteiger partial charge in [-0.15, -0.1) is 0 Å². The number of aliphatic imine (C=N–C) groups is 1. The second-order valence-corrected chi connectivity index (χ2v) is 3.33. The van der Waals surface area contributed by atoms with Gasteiger partial charge in [0.1, 0.15) is 11.6 Å². The van der Waals surface area contributed by atoms with E-state index in [1.807, 2.05) is 0 Å². The van der Waals surface area contributed by atoms with Gasteiger partial charge in [0.15, 0.2) is 5.96 Å². The van der Waals surface area contributed by atoms with Crippen molar-refractivity contribution in [2.24, 2.45) is 16.5 Å². The third-order valence-corrected chi connectivity index (χ3v) is 1.99. The van der Waals surface area contributed by atoms with Crippen LogP contribution >= 0.6 is 0 Å². The second-order valence-electron chi connectivity index (χ2n) is 3.33. The smallest absolute Gasteiger partial charge is 0.305 e. The minimum atomic E-state index is -1.22. The summed E-state index contributed by atoms with van der Waals surface area (Å²) < 4.78 is 26.4. The van der Waals surface area contributed by atoms with E-state index in [0.29, 0.717) is 0 Å². The maximum absolute atomic E-state index is 13.4. The van der Waals surface area contributed by atoms with Gasteiger partial charge in [-0.3, -0.25) is 4.79 Å². The number of guanidine groups is 1. The summed E-state index contributed by atoms with van der Waals surface area (Å²) in [6.07, 6.45) is -0.529. The predicted octanol–water partition coefficient (Wildman–Crippen LogP) is 0.754. The molecule has 92 valence electrons. The average Bonchev–Trinajstić information content (AvgIpc) is 2.19. The molecule has 1 aromatic carbocycles. The highest BCUT2D eigenvalue weighted by Gasteiger charge is 2.19. The largest absolute Gasteiger partial charge is 0.481 e. The molecule has 0 saturated heterocycles.